The second-order valence-electron chi connectivity index (χ2n) is 4.36. The highest BCUT2D eigenvalue weighted by Crippen LogP contribution is 2.29. The van der Waals surface area contributed by atoms with Crippen molar-refractivity contribution in [3.8, 4) is 6.01 Å². The molecule has 1 saturated heterocycles. The molecule has 3 rings (SSSR count). The molecule has 1 aromatic heterocycles. The van der Waals surface area contributed by atoms with Crippen molar-refractivity contribution in [3.63, 3.8) is 0 Å². The minimum absolute atomic E-state index is 0.0875. The van der Waals surface area contributed by atoms with Crippen molar-refractivity contribution >= 4 is 5.82 Å². The number of hydrogen-bond acceptors (Lipinski definition) is 5. The number of ether oxygens (including phenoxy) is 1. The van der Waals surface area contributed by atoms with Crippen LogP contribution in [0.5, 0.6) is 6.01 Å². The molecular weight excluding hydrogens is 212 g/mol. The van der Waals surface area contributed by atoms with Crippen molar-refractivity contribution in [2.24, 2.45) is 0 Å². The van der Waals surface area contributed by atoms with Gasteiger partial charge in [-0.25, -0.2) is 0 Å². The Balaban J connectivity index is 1.89. The second kappa shape index (κ2) is 3.18. The Morgan fingerprint density at radius 2 is 2.56 bits per heavy atom. The van der Waals surface area contributed by atoms with E-state index >= 15 is 0 Å². The summed E-state index contributed by atoms with van der Waals surface area (Å²) in [5.74, 6) is -0.150. The fraction of sp³-hybridized carbons (Fsp3) is 0.667. The molecule has 1 fully saturated rings. The van der Waals surface area contributed by atoms with Gasteiger partial charge in [-0.05, 0) is 11.8 Å². The van der Waals surface area contributed by atoms with Crippen molar-refractivity contribution in [3.05, 3.63) is 16.3 Å². The molecule has 0 saturated carbocycles. The lowest BCUT2D eigenvalue weighted by Crippen LogP contribution is -2.42. The molecule has 0 bridgehead atoms. The van der Waals surface area contributed by atoms with E-state index in [4.69, 9.17) is 4.74 Å². The van der Waals surface area contributed by atoms with Gasteiger partial charge in [0.15, 0.2) is 0 Å². The summed E-state index contributed by atoms with van der Waals surface area (Å²) in [4.78, 5) is 13.9. The zero-order valence-electron chi connectivity index (χ0n) is 8.79. The van der Waals surface area contributed by atoms with Gasteiger partial charge >= 0.3 is 11.8 Å². The number of fused-ring (bicyclic) bond motifs is 2. The summed E-state index contributed by atoms with van der Waals surface area (Å²) in [5, 5.41) is 14.0. The Labute approximate surface area is 91.6 Å². The van der Waals surface area contributed by atoms with E-state index in [-0.39, 0.29) is 18.0 Å². The van der Waals surface area contributed by atoms with E-state index in [1.165, 1.54) is 6.20 Å². The van der Waals surface area contributed by atoms with Gasteiger partial charge in [0.1, 0.15) is 12.3 Å². The van der Waals surface area contributed by atoms with Crippen LogP contribution < -0.4 is 10.1 Å². The van der Waals surface area contributed by atoms with E-state index in [2.05, 4.69) is 17.2 Å². The third-order valence-corrected chi connectivity index (χ3v) is 3.10. The summed E-state index contributed by atoms with van der Waals surface area (Å²) in [5.41, 5.74) is 0. The van der Waals surface area contributed by atoms with Crippen LogP contribution in [0.25, 0.3) is 0 Å². The molecule has 1 unspecified atom stereocenters. The first kappa shape index (κ1) is 9.59. The first-order valence-corrected chi connectivity index (χ1v) is 5.28. The van der Waals surface area contributed by atoms with Crippen molar-refractivity contribution in [2.75, 3.05) is 0 Å². The van der Waals surface area contributed by atoms with E-state index in [1.807, 2.05) is 0 Å². The average molecular weight is 224 g/mol. The minimum atomic E-state index is -0.499. The Kier molecular flexibility index (Phi) is 1.90. The van der Waals surface area contributed by atoms with E-state index in [1.54, 1.807) is 4.57 Å². The molecule has 7 heteroatoms. The highest BCUT2D eigenvalue weighted by Gasteiger charge is 2.40. The van der Waals surface area contributed by atoms with Crippen LogP contribution >= 0.6 is 0 Å². The lowest BCUT2D eigenvalue weighted by molar-refractivity contribution is -0.389. The smallest absolute Gasteiger partial charge is 0.414 e. The molecule has 0 amide bonds. The van der Waals surface area contributed by atoms with E-state index in [0.717, 1.165) is 6.42 Å². The van der Waals surface area contributed by atoms with Crippen LogP contribution in [0.1, 0.15) is 13.3 Å². The number of nitrogens with one attached hydrogen (secondary N) is 1. The normalized spacial score (nSPS) is 31.7. The summed E-state index contributed by atoms with van der Waals surface area (Å²) in [6.07, 6.45) is 2.44. The fourth-order valence-electron chi connectivity index (χ4n) is 2.40. The number of nitrogens with zero attached hydrogens (tertiary/aromatic N) is 3. The molecule has 1 aromatic rings. The molecule has 0 aliphatic carbocycles. The lowest BCUT2D eigenvalue weighted by atomic mass is 10.1. The Bertz CT molecular complexity index is 412. The highest BCUT2D eigenvalue weighted by molar-refractivity contribution is 5.22. The topological polar surface area (TPSA) is 82.2 Å². The SMILES string of the molecule is CC1C[C@@H]2Oc3nc([N+](=O)[O-])cn3C[C@@H]2N1. The summed E-state index contributed by atoms with van der Waals surface area (Å²) < 4.78 is 7.34. The van der Waals surface area contributed by atoms with Gasteiger partial charge in [-0.1, -0.05) is 0 Å². The van der Waals surface area contributed by atoms with Crippen LogP contribution in [-0.2, 0) is 6.54 Å². The summed E-state index contributed by atoms with van der Waals surface area (Å²) in [7, 11) is 0. The predicted molar refractivity (Wildman–Crippen MR) is 54.3 cm³/mol. The molecule has 2 aliphatic heterocycles. The molecule has 1 N–H and O–H groups in total. The van der Waals surface area contributed by atoms with Crippen LogP contribution in [-0.4, -0.2) is 32.7 Å². The van der Waals surface area contributed by atoms with Crippen LogP contribution in [0.3, 0.4) is 0 Å². The van der Waals surface area contributed by atoms with Gasteiger partial charge in [-0.2, -0.15) is 0 Å². The van der Waals surface area contributed by atoms with Gasteiger partial charge in [0.2, 0.25) is 0 Å². The lowest BCUT2D eigenvalue weighted by Gasteiger charge is -2.24. The number of rotatable bonds is 1. The molecule has 16 heavy (non-hydrogen) atoms. The van der Waals surface area contributed by atoms with Crippen molar-refractivity contribution in [1.82, 2.24) is 14.9 Å². The summed E-state index contributed by atoms with van der Waals surface area (Å²) in [6, 6.07) is 1.02. The van der Waals surface area contributed by atoms with Crippen molar-refractivity contribution in [2.45, 2.75) is 38.1 Å². The van der Waals surface area contributed by atoms with E-state index in [9.17, 15) is 10.1 Å². The third-order valence-electron chi connectivity index (χ3n) is 3.10. The maximum absolute atomic E-state index is 10.6. The van der Waals surface area contributed by atoms with Crippen LogP contribution in [0.4, 0.5) is 5.82 Å². The van der Waals surface area contributed by atoms with Crippen LogP contribution in [0.2, 0.25) is 0 Å². The molecule has 2 aliphatic rings. The molecule has 0 aromatic carbocycles. The zero-order chi connectivity index (χ0) is 11.3. The maximum Gasteiger partial charge on any atom is 0.414 e. The second-order valence-corrected chi connectivity index (χ2v) is 4.36. The maximum atomic E-state index is 10.6. The quantitative estimate of drug-likeness (QED) is 0.548. The molecule has 3 heterocycles. The first-order chi connectivity index (χ1) is 7.63. The first-order valence-electron chi connectivity index (χ1n) is 5.28. The minimum Gasteiger partial charge on any atom is -0.441 e. The zero-order valence-corrected chi connectivity index (χ0v) is 8.79. The standard InChI is InChI=1S/C9H12N4O3/c1-5-2-7-6(10-5)3-12-4-8(13(14)15)11-9(12)16-7/h4-7,10H,2-3H2,1H3/t5?,6-,7-/m0/s1. The van der Waals surface area contributed by atoms with Gasteiger partial charge < -0.3 is 20.2 Å². The molecule has 86 valence electrons. The molecule has 0 spiro atoms. The van der Waals surface area contributed by atoms with Gasteiger partial charge in [0, 0.05) is 24.0 Å². The fourth-order valence-corrected chi connectivity index (χ4v) is 2.40. The largest absolute Gasteiger partial charge is 0.441 e. The van der Waals surface area contributed by atoms with E-state index < -0.39 is 4.92 Å². The number of imidazole rings is 1. The predicted octanol–water partition coefficient (Wildman–Crippen LogP) is 0.303. The Hall–Kier alpha value is -1.63. The van der Waals surface area contributed by atoms with Crippen molar-refractivity contribution < 1.29 is 9.66 Å². The molecule has 7 nitrogen and oxygen atoms in total. The van der Waals surface area contributed by atoms with Gasteiger partial charge in [0.05, 0.1) is 6.04 Å². The third kappa shape index (κ3) is 1.35. The average Bonchev–Trinajstić information content (AvgIpc) is 2.74. The van der Waals surface area contributed by atoms with Crippen molar-refractivity contribution in [1.29, 1.82) is 0 Å². The summed E-state index contributed by atoms with van der Waals surface area (Å²) in [6.45, 7) is 2.79. The Morgan fingerprint density at radius 3 is 3.31 bits per heavy atom. The highest BCUT2D eigenvalue weighted by atomic mass is 16.6. The molecule has 3 atom stereocenters. The number of hydrogen-bond donors (Lipinski definition) is 1. The van der Waals surface area contributed by atoms with Gasteiger partial charge in [-0.3, -0.25) is 4.57 Å². The Morgan fingerprint density at radius 1 is 1.75 bits per heavy atom. The molecular formula is C9H12N4O3. The van der Waals surface area contributed by atoms with Crippen LogP contribution in [0, 0.1) is 10.1 Å². The molecule has 0 radical (unpaired) electrons. The number of nitro groups is 1. The van der Waals surface area contributed by atoms with E-state index in [0.29, 0.717) is 18.6 Å². The summed E-state index contributed by atoms with van der Waals surface area (Å²) >= 11 is 0. The monoisotopic (exact) mass is 224 g/mol. The van der Waals surface area contributed by atoms with Crippen LogP contribution in [0.15, 0.2) is 6.20 Å². The van der Waals surface area contributed by atoms with Gasteiger partial charge in [-0.15, -0.1) is 0 Å². The van der Waals surface area contributed by atoms with Gasteiger partial charge in [0.25, 0.3) is 0 Å². The number of aromatic nitrogens is 2.